The fraction of sp³-hybridized carbons (Fsp3) is 0.944. The van der Waals surface area contributed by atoms with Crippen molar-refractivity contribution in [2.45, 2.75) is 97.8 Å². The van der Waals surface area contributed by atoms with Crippen LogP contribution in [-0.4, -0.2) is 0 Å². The summed E-state index contributed by atoms with van der Waals surface area (Å²) in [6.07, 6.45) is 16.8. The number of unbranched alkanes of at least 4 members (excludes halogenated alkanes) is 8. The lowest BCUT2D eigenvalue weighted by Gasteiger charge is -2.18. The monoisotopic (exact) mass is 253 g/mol. The van der Waals surface area contributed by atoms with Crippen LogP contribution in [0.4, 0.5) is 0 Å². The Morgan fingerprint density at radius 2 is 1.11 bits per heavy atom. The van der Waals surface area contributed by atoms with Crippen molar-refractivity contribution < 1.29 is 0 Å². The molecule has 0 spiro atoms. The van der Waals surface area contributed by atoms with E-state index < -0.39 is 0 Å². The summed E-state index contributed by atoms with van der Waals surface area (Å²) in [4.78, 5) is 0. The Bertz CT molecular complexity index is 150. The van der Waals surface area contributed by atoms with Gasteiger partial charge in [-0.1, -0.05) is 105 Å². The Morgan fingerprint density at radius 1 is 0.667 bits per heavy atom. The summed E-state index contributed by atoms with van der Waals surface area (Å²) in [5.41, 5.74) is 0. The molecule has 0 aliphatic heterocycles. The molecule has 109 valence electrons. The van der Waals surface area contributed by atoms with Gasteiger partial charge in [-0.3, -0.25) is 0 Å². The molecule has 0 heterocycles. The molecular weight excluding hydrogens is 216 g/mol. The van der Waals surface area contributed by atoms with Crippen molar-refractivity contribution in [2.24, 2.45) is 11.8 Å². The average Bonchev–Trinajstić information content (AvgIpc) is 2.36. The SMILES string of the molecule is [CH2]CCC(C)C(C)CCCCCCCCCCC. The molecule has 2 unspecified atom stereocenters. The van der Waals surface area contributed by atoms with Gasteiger partial charge in [-0.25, -0.2) is 0 Å². The van der Waals surface area contributed by atoms with Crippen LogP contribution in [0.15, 0.2) is 0 Å². The van der Waals surface area contributed by atoms with E-state index in [9.17, 15) is 0 Å². The molecule has 2 atom stereocenters. The zero-order valence-corrected chi connectivity index (χ0v) is 13.3. The van der Waals surface area contributed by atoms with Crippen molar-refractivity contribution in [2.75, 3.05) is 0 Å². The van der Waals surface area contributed by atoms with Crippen LogP contribution >= 0.6 is 0 Å². The largest absolute Gasteiger partial charge is 0.0654 e. The highest BCUT2D eigenvalue weighted by molar-refractivity contribution is 4.63. The van der Waals surface area contributed by atoms with Gasteiger partial charge in [0.15, 0.2) is 0 Å². The first kappa shape index (κ1) is 18.0. The summed E-state index contributed by atoms with van der Waals surface area (Å²) in [5.74, 6) is 1.77. The lowest BCUT2D eigenvalue weighted by atomic mass is 9.87. The van der Waals surface area contributed by atoms with Crippen molar-refractivity contribution in [3.05, 3.63) is 6.92 Å². The predicted molar refractivity (Wildman–Crippen MR) is 84.8 cm³/mol. The summed E-state index contributed by atoms with van der Waals surface area (Å²) in [5, 5.41) is 0. The third-order valence-corrected chi connectivity index (χ3v) is 4.39. The Kier molecular flexibility index (Phi) is 13.4. The van der Waals surface area contributed by atoms with Crippen LogP contribution in [0.25, 0.3) is 0 Å². The van der Waals surface area contributed by atoms with Gasteiger partial charge in [0.05, 0.1) is 0 Å². The Morgan fingerprint density at radius 3 is 1.61 bits per heavy atom. The van der Waals surface area contributed by atoms with Crippen LogP contribution in [-0.2, 0) is 0 Å². The van der Waals surface area contributed by atoms with E-state index in [0.29, 0.717) is 0 Å². The van der Waals surface area contributed by atoms with E-state index in [1.54, 1.807) is 0 Å². The van der Waals surface area contributed by atoms with E-state index in [4.69, 9.17) is 0 Å². The van der Waals surface area contributed by atoms with Gasteiger partial charge in [-0.15, -0.1) is 0 Å². The molecule has 18 heavy (non-hydrogen) atoms. The van der Waals surface area contributed by atoms with Crippen LogP contribution < -0.4 is 0 Å². The topological polar surface area (TPSA) is 0 Å². The van der Waals surface area contributed by atoms with E-state index >= 15 is 0 Å². The Labute approximate surface area is 117 Å². The summed E-state index contributed by atoms with van der Waals surface area (Å²) in [6, 6.07) is 0. The zero-order valence-electron chi connectivity index (χ0n) is 13.3. The highest BCUT2D eigenvalue weighted by Crippen LogP contribution is 2.22. The first-order valence-corrected chi connectivity index (χ1v) is 8.51. The summed E-state index contributed by atoms with van der Waals surface area (Å²) < 4.78 is 0. The molecule has 0 aliphatic carbocycles. The van der Waals surface area contributed by atoms with Crippen LogP contribution in [0.2, 0.25) is 0 Å². The van der Waals surface area contributed by atoms with Gasteiger partial charge in [0.25, 0.3) is 0 Å². The Balaban J connectivity index is 3.19. The maximum Gasteiger partial charge on any atom is -0.0417 e. The van der Waals surface area contributed by atoms with Crippen molar-refractivity contribution >= 4 is 0 Å². The fourth-order valence-corrected chi connectivity index (χ4v) is 2.67. The number of hydrogen-bond acceptors (Lipinski definition) is 0. The second-order valence-electron chi connectivity index (χ2n) is 6.21. The molecule has 0 rings (SSSR count). The zero-order chi connectivity index (χ0) is 13.6. The molecular formula is C18H37. The molecule has 0 saturated carbocycles. The molecule has 1 radical (unpaired) electrons. The third kappa shape index (κ3) is 11.1. The number of hydrogen-bond donors (Lipinski definition) is 0. The molecule has 0 aromatic heterocycles. The lowest BCUT2D eigenvalue weighted by Crippen LogP contribution is -2.07. The van der Waals surface area contributed by atoms with Crippen molar-refractivity contribution in [3.8, 4) is 0 Å². The smallest absolute Gasteiger partial charge is 0.0417 e. The van der Waals surface area contributed by atoms with Gasteiger partial charge in [-0.05, 0) is 11.8 Å². The minimum absolute atomic E-state index is 0.872. The standard InChI is InChI=1S/C18H37/c1-5-7-8-9-10-11-12-13-14-16-18(4)17(3)15-6-2/h17-18H,2,5-16H2,1,3-4H3. The quantitative estimate of drug-likeness (QED) is 0.317. The van der Waals surface area contributed by atoms with Gasteiger partial charge in [-0.2, -0.15) is 0 Å². The fourth-order valence-electron chi connectivity index (χ4n) is 2.67. The van der Waals surface area contributed by atoms with Gasteiger partial charge >= 0.3 is 0 Å². The normalized spacial score (nSPS) is 14.7. The van der Waals surface area contributed by atoms with Crippen LogP contribution in [0.1, 0.15) is 97.8 Å². The summed E-state index contributed by atoms with van der Waals surface area (Å²) in [7, 11) is 0. The van der Waals surface area contributed by atoms with E-state index in [2.05, 4.69) is 27.7 Å². The molecule has 0 aromatic carbocycles. The molecule has 0 saturated heterocycles. The van der Waals surface area contributed by atoms with Crippen molar-refractivity contribution in [1.29, 1.82) is 0 Å². The van der Waals surface area contributed by atoms with Gasteiger partial charge < -0.3 is 0 Å². The first-order chi connectivity index (χ1) is 8.72. The maximum absolute atomic E-state index is 3.96. The van der Waals surface area contributed by atoms with E-state index in [1.165, 1.54) is 70.6 Å². The molecule has 0 aromatic rings. The van der Waals surface area contributed by atoms with E-state index in [-0.39, 0.29) is 0 Å². The second kappa shape index (κ2) is 13.4. The maximum atomic E-state index is 3.96. The average molecular weight is 253 g/mol. The Hall–Kier alpha value is 0. The molecule has 0 amide bonds. The van der Waals surface area contributed by atoms with Crippen molar-refractivity contribution in [3.63, 3.8) is 0 Å². The van der Waals surface area contributed by atoms with Crippen LogP contribution in [0.5, 0.6) is 0 Å². The molecule has 0 fully saturated rings. The molecule has 0 aliphatic rings. The van der Waals surface area contributed by atoms with Gasteiger partial charge in [0.2, 0.25) is 0 Å². The van der Waals surface area contributed by atoms with Gasteiger partial charge in [0.1, 0.15) is 0 Å². The molecule has 0 nitrogen and oxygen atoms in total. The van der Waals surface area contributed by atoms with Crippen molar-refractivity contribution in [1.82, 2.24) is 0 Å². The predicted octanol–water partition coefficient (Wildman–Crippen LogP) is 6.79. The number of rotatable bonds is 13. The molecule has 0 heteroatoms. The molecule has 0 N–H and O–H groups in total. The summed E-state index contributed by atoms with van der Waals surface area (Å²) in [6.45, 7) is 11.1. The van der Waals surface area contributed by atoms with E-state index in [1.807, 2.05) is 0 Å². The third-order valence-electron chi connectivity index (χ3n) is 4.39. The lowest BCUT2D eigenvalue weighted by molar-refractivity contribution is 0.333. The molecule has 0 bridgehead atoms. The second-order valence-corrected chi connectivity index (χ2v) is 6.21. The minimum atomic E-state index is 0.872. The minimum Gasteiger partial charge on any atom is -0.0654 e. The summed E-state index contributed by atoms with van der Waals surface area (Å²) >= 11 is 0. The highest BCUT2D eigenvalue weighted by atomic mass is 14.2. The van der Waals surface area contributed by atoms with Gasteiger partial charge in [0, 0.05) is 0 Å². The highest BCUT2D eigenvalue weighted by Gasteiger charge is 2.10. The van der Waals surface area contributed by atoms with Crippen LogP contribution in [0.3, 0.4) is 0 Å². The van der Waals surface area contributed by atoms with E-state index in [0.717, 1.165) is 18.3 Å². The first-order valence-electron chi connectivity index (χ1n) is 8.51. The van der Waals surface area contributed by atoms with Crippen LogP contribution in [0, 0.1) is 18.8 Å².